The SMILES string of the molecule is c1ccc2c(c1)CC(c1nc3ccccc3[nH]1)=N2. The third kappa shape index (κ3) is 1.37. The summed E-state index contributed by atoms with van der Waals surface area (Å²) in [4.78, 5) is 12.6. The molecule has 1 aliphatic rings. The number of hydrogen-bond donors (Lipinski definition) is 1. The van der Waals surface area contributed by atoms with Crippen LogP contribution in [-0.2, 0) is 6.42 Å². The molecule has 1 aromatic heterocycles. The minimum atomic E-state index is 0.857. The highest BCUT2D eigenvalue weighted by molar-refractivity contribution is 6.05. The first-order valence-corrected chi connectivity index (χ1v) is 6.01. The summed E-state index contributed by atoms with van der Waals surface area (Å²) < 4.78 is 0. The molecule has 0 aliphatic carbocycles. The van der Waals surface area contributed by atoms with Crippen LogP contribution in [-0.4, -0.2) is 15.7 Å². The van der Waals surface area contributed by atoms with Crippen LogP contribution in [0.15, 0.2) is 53.5 Å². The van der Waals surface area contributed by atoms with Gasteiger partial charge in [0.05, 0.1) is 22.4 Å². The first kappa shape index (κ1) is 9.59. The van der Waals surface area contributed by atoms with E-state index in [0.29, 0.717) is 0 Å². The maximum absolute atomic E-state index is 4.64. The van der Waals surface area contributed by atoms with Crippen molar-refractivity contribution in [1.29, 1.82) is 0 Å². The van der Waals surface area contributed by atoms with Gasteiger partial charge in [-0.1, -0.05) is 30.3 Å². The van der Waals surface area contributed by atoms with E-state index in [4.69, 9.17) is 0 Å². The number of aromatic amines is 1. The number of aliphatic imine (C=N–C) groups is 1. The van der Waals surface area contributed by atoms with Crippen molar-refractivity contribution in [2.24, 2.45) is 4.99 Å². The van der Waals surface area contributed by atoms with Crippen molar-refractivity contribution in [2.45, 2.75) is 6.42 Å². The predicted octanol–water partition coefficient (Wildman–Crippen LogP) is 3.24. The molecule has 0 spiro atoms. The van der Waals surface area contributed by atoms with Crippen LogP contribution >= 0.6 is 0 Å². The summed E-state index contributed by atoms with van der Waals surface area (Å²) in [5.41, 5.74) is 5.41. The van der Waals surface area contributed by atoms with Gasteiger partial charge < -0.3 is 4.98 Å². The minimum absolute atomic E-state index is 0.857. The van der Waals surface area contributed by atoms with Crippen molar-refractivity contribution in [1.82, 2.24) is 9.97 Å². The second-order valence-corrected chi connectivity index (χ2v) is 4.47. The van der Waals surface area contributed by atoms with Gasteiger partial charge >= 0.3 is 0 Å². The molecule has 1 N–H and O–H groups in total. The largest absolute Gasteiger partial charge is 0.337 e. The molecule has 2 heterocycles. The van der Waals surface area contributed by atoms with Crippen LogP contribution in [0.4, 0.5) is 5.69 Å². The molecular formula is C15H11N3. The second-order valence-electron chi connectivity index (χ2n) is 4.47. The first-order valence-electron chi connectivity index (χ1n) is 6.01. The zero-order valence-corrected chi connectivity index (χ0v) is 9.72. The lowest BCUT2D eigenvalue weighted by Crippen LogP contribution is -2.02. The number of H-pyrrole nitrogens is 1. The number of para-hydroxylation sites is 3. The van der Waals surface area contributed by atoms with Gasteiger partial charge in [-0.05, 0) is 23.8 Å². The summed E-state index contributed by atoms with van der Waals surface area (Å²) in [6.45, 7) is 0. The Morgan fingerprint density at radius 3 is 2.67 bits per heavy atom. The van der Waals surface area contributed by atoms with E-state index in [1.54, 1.807) is 0 Å². The van der Waals surface area contributed by atoms with Crippen molar-refractivity contribution in [3.05, 3.63) is 59.9 Å². The average Bonchev–Trinajstić information content (AvgIpc) is 3.02. The Kier molecular flexibility index (Phi) is 1.88. The van der Waals surface area contributed by atoms with Crippen molar-refractivity contribution < 1.29 is 0 Å². The Labute approximate surface area is 104 Å². The molecule has 0 bridgehead atoms. The van der Waals surface area contributed by atoms with Crippen LogP contribution in [0.5, 0.6) is 0 Å². The van der Waals surface area contributed by atoms with Crippen molar-refractivity contribution in [3.63, 3.8) is 0 Å². The fourth-order valence-electron chi connectivity index (χ4n) is 2.36. The Morgan fingerprint density at radius 1 is 0.944 bits per heavy atom. The van der Waals surface area contributed by atoms with Crippen LogP contribution in [0.3, 0.4) is 0 Å². The number of hydrogen-bond acceptors (Lipinski definition) is 2. The number of rotatable bonds is 1. The van der Waals surface area contributed by atoms with Gasteiger partial charge in [-0.15, -0.1) is 0 Å². The van der Waals surface area contributed by atoms with E-state index in [2.05, 4.69) is 27.1 Å². The maximum Gasteiger partial charge on any atom is 0.153 e. The molecule has 0 saturated heterocycles. The highest BCUT2D eigenvalue weighted by Gasteiger charge is 2.17. The molecule has 2 aromatic carbocycles. The summed E-state index contributed by atoms with van der Waals surface area (Å²) in [6, 6.07) is 16.3. The normalized spacial score (nSPS) is 13.7. The first-order chi connectivity index (χ1) is 8.90. The summed E-state index contributed by atoms with van der Waals surface area (Å²) >= 11 is 0. The summed E-state index contributed by atoms with van der Waals surface area (Å²) in [7, 11) is 0. The Bertz CT molecular complexity index is 735. The number of benzene rings is 2. The van der Waals surface area contributed by atoms with Gasteiger partial charge in [-0.3, -0.25) is 0 Å². The highest BCUT2D eigenvalue weighted by atomic mass is 15.0. The lowest BCUT2D eigenvalue weighted by molar-refractivity contribution is 1.25. The quantitative estimate of drug-likeness (QED) is 0.688. The van der Waals surface area contributed by atoms with E-state index >= 15 is 0 Å². The summed E-state index contributed by atoms with van der Waals surface area (Å²) in [5.74, 6) is 0.882. The van der Waals surface area contributed by atoms with Gasteiger partial charge in [0.15, 0.2) is 5.82 Å². The molecule has 0 amide bonds. The molecule has 0 radical (unpaired) electrons. The molecule has 86 valence electrons. The predicted molar refractivity (Wildman–Crippen MR) is 72.4 cm³/mol. The smallest absolute Gasteiger partial charge is 0.153 e. The van der Waals surface area contributed by atoms with E-state index in [1.165, 1.54) is 5.56 Å². The van der Waals surface area contributed by atoms with Crippen molar-refractivity contribution >= 4 is 22.4 Å². The lowest BCUT2D eigenvalue weighted by atomic mass is 10.1. The van der Waals surface area contributed by atoms with E-state index in [0.717, 1.165) is 34.7 Å². The molecule has 0 unspecified atom stereocenters. The standard InChI is InChI=1S/C15H11N3/c1-2-6-11-10(5-1)9-14(16-11)15-17-12-7-3-4-8-13(12)18-15/h1-8H,9H2,(H,17,18). The van der Waals surface area contributed by atoms with E-state index in [-0.39, 0.29) is 0 Å². The highest BCUT2D eigenvalue weighted by Crippen LogP contribution is 2.28. The van der Waals surface area contributed by atoms with Gasteiger partial charge in [0, 0.05) is 6.42 Å². The molecule has 4 rings (SSSR count). The fraction of sp³-hybridized carbons (Fsp3) is 0.0667. The van der Waals surface area contributed by atoms with Gasteiger partial charge in [0.25, 0.3) is 0 Å². The molecule has 3 nitrogen and oxygen atoms in total. The van der Waals surface area contributed by atoms with E-state index in [1.807, 2.05) is 36.4 Å². The van der Waals surface area contributed by atoms with Gasteiger partial charge in [-0.2, -0.15) is 0 Å². The number of nitrogens with one attached hydrogen (secondary N) is 1. The minimum Gasteiger partial charge on any atom is -0.337 e. The maximum atomic E-state index is 4.64. The topological polar surface area (TPSA) is 41.0 Å². The zero-order chi connectivity index (χ0) is 11.9. The second kappa shape index (κ2) is 3.53. The molecular weight excluding hydrogens is 222 g/mol. The van der Waals surface area contributed by atoms with Gasteiger partial charge in [0.1, 0.15) is 0 Å². The van der Waals surface area contributed by atoms with E-state index < -0.39 is 0 Å². The van der Waals surface area contributed by atoms with Crippen molar-refractivity contribution in [2.75, 3.05) is 0 Å². The van der Waals surface area contributed by atoms with Crippen LogP contribution in [0.25, 0.3) is 11.0 Å². The van der Waals surface area contributed by atoms with Gasteiger partial charge in [0.2, 0.25) is 0 Å². The average molecular weight is 233 g/mol. The Balaban J connectivity index is 1.82. The third-order valence-corrected chi connectivity index (χ3v) is 3.27. The molecule has 0 fully saturated rings. The van der Waals surface area contributed by atoms with Gasteiger partial charge in [-0.25, -0.2) is 9.98 Å². The molecule has 18 heavy (non-hydrogen) atoms. The van der Waals surface area contributed by atoms with Crippen LogP contribution in [0.1, 0.15) is 11.4 Å². The molecule has 1 aliphatic heterocycles. The monoisotopic (exact) mass is 233 g/mol. The molecule has 3 heteroatoms. The summed E-state index contributed by atoms with van der Waals surface area (Å²) in [5, 5.41) is 0. The Hall–Kier alpha value is -2.42. The number of imidazole rings is 1. The molecule has 0 atom stereocenters. The lowest BCUT2D eigenvalue weighted by Gasteiger charge is -1.93. The molecule has 0 saturated carbocycles. The Morgan fingerprint density at radius 2 is 1.78 bits per heavy atom. The van der Waals surface area contributed by atoms with Crippen molar-refractivity contribution in [3.8, 4) is 0 Å². The van der Waals surface area contributed by atoms with Crippen LogP contribution in [0.2, 0.25) is 0 Å². The van der Waals surface area contributed by atoms with Crippen LogP contribution in [0, 0.1) is 0 Å². The van der Waals surface area contributed by atoms with Crippen LogP contribution < -0.4 is 0 Å². The summed E-state index contributed by atoms with van der Waals surface area (Å²) in [6.07, 6.45) is 0.857. The third-order valence-electron chi connectivity index (χ3n) is 3.27. The molecule has 3 aromatic rings. The van der Waals surface area contributed by atoms with E-state index in [9.17, 15) is 0 Å². The zero-order valence-electron chi connectivity index (χ0n) is 9.72. The number of aromatic nitrogens is 2. The number of fused-ring (bicyclic) bond motifs is 2. The number of nitrogens with zero attached hydrogens (tertiary/aromatic N) is 2. The fourth-order valence-corrected chi connectivity index (χ4v) is 2.36.